The third kappa shape index (κ3) is 3.88. The molecule has 5 rings (SSSR count). The second-order valence-electron chi connectivity index (χ2n) is 8.25. The van der Waals surface area contributed by atoms with Gasteiger partial charge in [0.25, 0.3) is 0 Å². The normalized spacial score (nSPS) is 19.4. The number of hydrogen-bond acceptors (Lipinski definition) is 4. The molecule has 1 saturated heterocycles. The Hall–Kier alpha value is -2.61. The maximum atomic E-state index is 13.8. The van der Waals surface area contributed by atoms with Gasteiger partial charge in [-0.25, -0.2) is 0 Å². The van der Waals surface area contributed by atoms with Gasteiger partial charge in [-0.1, -0.05) is 30.3 Å². The summed E-state index contributed by atoms with van der Waals surface area (Å²) < 4.78 is 43.4. The van der Waals surface area contributed by atoms with Crippen molar-refractivity contribution < 1.29 is 13.2 Å². The molecule has 0 N–H and O–H groups in total. The van der Waals surface area contributed by atoms with Gasteiger partial charge in [-0.3, -0.25) is 9.30 Å². The average molecular weight is 415 g/mol. The summed E-state index contributed by atoms with van der Waals surface area (Å²) in [6, 6.07) is 10.6. The molecule has 3 aromatic rings. The quantitative estimate of drug-likeness (QED) is 0.629. The lowest BCUT2D eigenvalue weighted by Crippen LogP contribution is -2.50. The molecule has 1 unspecified atom stereocenters. The first-order chi connectivity index (χ1) is 14.5. The molecule has 5 nitrogen and oxygen atoms in total. The van der Waals surface area contributed by atoms with Gasteiger partial charge in [0.05, 0.1) is 0 Å². The Morgan fingerprint density at radius 2 is 1.70 bits per heavy atom. The molecule has 30 heavy (non-hydrogen) atoms. The summed E-state index contributed by atoms with van der Waals surface area (Å²) in [6.07, 6.45) is 1.16. The standard InChI is InChI=1S/C22H24F3N5/c23-22(24,25)21(17-4-2-1-3-5-17)29-12-10-28(11-13-29)18-8-9-30-19(14-16-6-7-16)26-27-20(30)15-18/h1-5,8-9,15-16,21H,6-7,10-14H2. The Balaban J connectivity index is 1.30. The fourth-order valence-corrected chi connectivity index (χ4v) is 4.33. The molecule has 3 heterocycles. The predicted octanol–water partition coefficient (Wildman–Crippen LogP) is 4.11. The smallest absolute Gasteiger partial charge is 0.369 e. The number of alkyl halides is 3. The van der Waals surface area contributed by atoms with Crippen LogP contribution in [0.15, 0.2) is 48.7 Å². The number of piperazine rings is 1. The van der Waals surface area contributed by atoms with Crippen LogP contribution in [0.2, 0.25) is 0 Å². The van der Waals surface area contributed by atoms with Crippen molar-refractivity contribution in [1.29, 1.82) is 0 Å². The van der Waals surface area contributed by atoms with Crippen molar-refractivity contribution in [3.05, 3.63) is 60.0 Å². The second kappa shape index (κ2) is 7.58. The van der Waals surface area contributed by atoms with Gasteiger partial charge in [-0.2, -0.15) is 13.2 Å². The minimum Gasteiger partial charge on any atom is -0.369 e. The first-order valence-corrected chi connectivity index (χ1v) is 10.4. The van der Waals surface area contributed by atoms with Crippen molar-refractivity contribution in [2.24, 2.45) is 5.92 Å². The molecule has 8 heteroatoms. The van der Waals surface area contributed by atoms with Crippen LogP contribution in [0, 0.1) is 5.92 Å². The number of aromatic nitrogens is 3. The summed E-state index contributed by atoms with van der Waals surface area (Å²) in [7, 11) is 0. The fourth-order valence-electron chi connectivity index (χ4n) is 4.33. The summed E-state index contributed by atoms with van der Waals surface area (Å²) in [5, 5.41) is 8.62. The van der Waals surface area contributed by atoms with Crippen molar-refractivity contribution in [2.75, 3.05) is 31.1 Å². The predicted molar refractivity (Wildman–Crippen MR) is 108 cm³/mol. The van der Waals surface area contributed by atoms with Gasteiger partial charge < -0.3 is 4.90 Å². The van der Waals surface area contributed by atoms with E-state index in [0.29, 0.717) is 31.7 Å². The molecule has 1 aliphatic heterocycles. The van der Waals surface area contributed by atoms with Crippen LogP contribution in [0.3, 0.4) is 0 Å². The molecule has 1 saturated carbocycles. The number of halogens is 3. The molecular weight excluding hydrogens is 391 g/mol. The molecule has 2 aromatic heterocycles. The zero-order valence-corrected chi connectivity index (χ0v) is 16.6. The zero-order chi connectivity index (χ0) is 20.7. The molecule has 1 aliphatic carbocycles. The van der Waals surface area contributed by atoms with E-state index < -0.39 is 12.2 Å². The van der Waals surface area contributed by atoms with Crippen LogP contribution in [0.1, 0.15) is 30.3 Å². The van der Waals surface area contributed by atoms with E-state index in [1.165, 1.54) is 17.7 Å². The van der Waals surface area contributed by atoms with Gasteiger partial charge in [0.15, 0.2) is 5.65 Å². The Labute approximate surface area is 173 Å². The number of benzene rings is 1. The molecule has 0 bridgehead atoms. The van der Waals surface area contributed by atoms with Crippen LogP contribution in [-0.2, 0) is 6.42 Å². The van der Waals surface area contributed by atoms with Crippen molar-refractivity contribution in [2.45, 2.75) is 31.5 Å². The molecule has 1 aromatic carbocycles. The van der Waals surface area contributed by atoms with Crippen LogP contribution < -0.4 is 4.90 Å². The van der Waals surface area contributed by atoms with Gasteiger partial charge in [0.1, 0.15) is 11.9 Å². The first-order valence-electron chi connectivity index (χ1n) is 10.4. The van der Waals surface area contributed by atoms with Crippen molar-refractivity contribution in [3.63, 3.8) is 0 Å². The van der Waals surface area contributed by atoms with E-state index in [4.69, 9.17) is 0 Å². The summed E-state index contributed by atoms with van der Waals surface area (Å²) >= 11 is 0. The number of anilines is 1. The van der Waals surface area contributed by atoms with Gasteiger partial charge in [0.2, 0.25) is 0 Å². The van der Waals surface area contributed by atoms with E-state index in [0.717, 1.165) is 29.5 Å². The maximum Gasteiger partial charge on any atom is 0.408 e. The highest BCUT2D eigenvalue weighted by molar-refractivity contribution is 5.56. The van der Waals surface area contributed by atoms with E-state index >= 15 is 0 Å². The number of rotatable bonds is 5. The Morgan fingerprint density at radius 1 is 0.967 bits per heavy atom. The largest absolute Gasteiger partial charge is 0.408 e. The summed E-state index contributed by atoms with van der Waals surface area (Å²) in [6.45, 7) is 1.78. The Kier molecular flexibility index (Phi) is 4.89. The molecular formula is C22H24F3N5. The minimum atomic E-state index is -4.30. The Bertz CT molecular complexity index is 1000. The van der Waals surface area contributed by atoms with E-state index in [1.54, 1.807) is 30.3 Å². The topological polar surface area (TPSA) is 36.7 Å². The van der Waals surface area contributed by atoms with Gasteiger partial charge in [0, 0.05) is 50.6 Å². The lowest BCUT2D eigenvalue weighted by atomic mass is 10.0. The molecule has 158 valence electrons. The highest BCUT2D eigenvalue weighted by Gasteiger charge is 2.45. The van der Waals surface area contributed by atoms with E-state index in [2.05, 4.69) is 15.1 Å². The van der Waals surface area contributed by atoms with E-state index in [-0.39, 0.29) is 0 Å². The molecule has 0 radical (unpaired) electrons. The average Bonchev–Trinajstić information content (AvgIpc) is 3.47. The van der Waals surface area contributed by atoms with Crippen LogP contribution in [-0.4, -0.2) is 51.9 Å². The van der Waals surface area contributed by atoms with Gasteiger partial charge >= 0.3 is 6.18 Å². The third-order valence-corrected chi connectivity index (χ3v) is 6.10. The van der Waals surface area contributed by atoms with Crippen LogP contribution >= 0.6 is 0 Å². The van der Waals surface area contributed by atoms with Crippen LogP contribution in [0.4, 0.5) is 18.9 Å². The van der Waals surface area contributed by atoms with E-state index in [1.807, 2.05) is 22.7 Å². The molecule has 0 amide bonds. The highest BCUT2D eigenvalue weighted by atomic mass is 19.4. The molecule has 2 aliphatic rings. The van der Waals surface area contributed by atoms with Crippen LogP contribution in [0.25, 0.3) is 5.65 Å². The lowest BCUT2D eigenvalue weighted by Gasteiger charge is -2.40. The summed E-state index contributed by atoms with van der Waals surface area (Å²) in [4.78, 5) is 3.67. The summed E-state index contributed by atoms with van der Waals surface area (Å²) in [5.74, 6) is 1.72. The molecule has 0 spiro atoms. The van der Waals surface area contributed by atoms with Crippen LogP contribution in [0.5, 0.6) is 0 Å². The SMILES string of the molecule is FC(F)(F)C(c1ccccc1)N1CCN(c2ccn3c(CC4CC4)nnc3c2)CC1. The zero-order valence-electron chi connectivity index (χ0n) is 16.6. The molecule has 2 fully saturated rings. The summed E-state index contributed by atoms with van der Waals surface area (Å²) in [5.41, 5.74) is 2.07. The maximum absolute atomic E-state index is 13.8. The number of nitrogens with zero attached hydrogens (tertiary/aromatic N) is 5. The van der Waals surface area contributed by atoms with Crippen molar-refractivity contribution in [3.8, 4) is 0 Å². The minimum absolute atomic E-state index is 0.298. The van der Waals surface area contributed by atoms with Crippen molar-refractivity contribution in [1.82, 2.24) is 19.5 Å². The number of fused-ring (bicyclic) bond motifs is 1. The number of pyridine rings is 1. The third-order valence-electron chi connectivity index (χ3n) is 6.10. The number of hydrogen-bond donors (Lipinski definition) is 0. The lowest BCUT2D eigenvalue weighted by molar-refractivity contribution is -0.187. The second-order valence-corrected chi connectivity index (χ2v) is 8.25. The highest BCUT2D eigenvalue weighted by Crippen LogP contribution is 2.38. The van der Waals surface area contributed by atoms with Gasteiger partial charge in [-0.05, 0) is 30.4 Å². The Morgan fingerprint density at radius 3 is 2.37 bits per heavy atom. The molecule has 1 atom stereocenters. The first kappa shape index (κ1) is 19.4. The fraction of sp³-hybridized carbons (Fsp3) is 0.455. The van der Waals surface area contributed by atoms with Crippen molar-refractivity contribution >= 4 is 11.3 Å². The monoisotopic (exact) mass is 415 g/mol. The van der Waals surface area contributed by atoms with E-state index in [9.17, 15) is 13.2 Å². The van der Waals surface area contributed by atoms with Gasteiger partial charge in [-0.15, -0.1) is 10.2 Å².